The molecule has 0 spiro atoms. The molecule has 2 heterocycles. The van der Waals surface area contributed by atoms with Crippen molar-refractivity contribution in [1.82, 2.24) is 14.8 Å². The molecule has 0 amide bonds. The largest absolute Gasteiger partial charge is 0.303 e. The number of hydrogen-bond acceptors (Lipinski definition) is 3. The van der Waals surface area contributed by atoms with E-state index in [9.17, 15) is 0 Å². The molecular weight excluding hydrogens is 270 g/mol. The van der Waals surface area contributed by atoms with Crippen LogP contribution in [0.15, 0.2) is 36.7 Å². The van der Waals surface area contributed by atoms with Crippen LogP contribution in [-0.4, -0.2) is 48.0 Å². The van der Waals surface area contributed by atoms with Crippen LogP contribution in [0, 0.1) is 11.8 Å². The first-order valence-electron chi connectivity index (χ1n) is 8.74. The molecule has 0 N–H and O–H groups in total. The Bertz CT molecular complexity index is 471. The van der Waals surface area contributed by atoms with Crippen molar-refractivity contribution in [1.29, 1.82) is 0 Å². The SMILES string of the molecule is CN(Cc1cccnc1)C[C@H]1CCN(C[C@H]2CC=CCC2)C1. The first-order valence-corrected chi connectivity index (χ1v) is 8.74. The van der Waals surface area contributed by atoms with Crippen molar-refractivity contribution in [3.63, 3.8) is 0 Å². The lowest BCUT2D eigenvalue weighted by Crippen LogP contribution is -2.31. The fourth-order valence-corrected chi connectivity index (χ4v) is 3.92. The Morgan fingerprint density at radius 2 is 2.23 bits per heavy atom. The molecule has 1 aromatic heterocycles. The van der Waals surface area contributed by atoms with E-state index in [0.717, 1.165) is 18.4 Å². The van der Waals surface area contributed by atoms with E-state index in [4.69, 9.17) is 0 Å². The lowest BCUT2D eigenvalue weighted by molar-refractivity contribution is 0.234. The first kappa shape index (κ1) is 15.7. The lowest BCUT2D eigenvalue weighted by atomic mass is 9.94. The van der Waals surface area contributed by atoms with Crippen LogP contribution in [0.1, 0.15) is 31.2 Å². The fourth-order valence-electron chi connectivity index (χ4n) is 3.92. The van der Waals surface area contributed by atoms with Crippen molar-refractivity contribution in [2.45, 2.75) is 32.2 Å². The van der Waals surface area contributed by atoms with Gasteiger partial charge in [0, 0.05) is 38.6 Å². The molecule has 0 saturated carbocycles. The van der Waals surface area contributed by atoms with Gasteiger partial charge in [-0.25, -0.2) is 0 Å². The maximum Gasteiger partial charge on any atom is 0.0312 e. The summed E-state index contributed by atoms with van der Waals surface area (Å²) in [6, 6.07) is 4.19. The standard InChI is InChI=1S/C19H29N3/c1-21(13-18-8-5-10-20-12-18)14-19-9-11-22(16-19)15-17-6-3-2-4-7-17/h2-3,5,8,10,12,17,19H,4,6-7,9,11,13-16H2,1H3/t17-,19+/m0/s1. The van der Waals surface area contributed by atoms with Crippen molar-refractivity contribution >= 4 is 0 Å². The number of likely N-dealkylation sites (tertiary alicyclic amines) is 1. The van der Waals surface area contributed by atoms with E-state index in [-0.39, 0.29) is 0 Å². The first-order chi connectivity index (χ1) is 10.8. The van der Waals surface area contributed by atoms with E-state index in [0.29, 0.717) is 0 Å². The third kappa shape index (κ3) is 4.65. The Labute approximate surface area is 135 Å². The number of aromatic nitrogens is 1. The van der Waals surface area contributed by atoms with Gasteiger partial charge < -0.3 is 9.80 Å². The molecule has 0 unspecified atom stereocenters. The van der Waals surface area contributed by atoms with Crippen molar-refractivity contribution in [3.8, 4) is 0 Å². The van der Waals surface area contributed by atoms with Crippen LogP contribution in [0.3, 0.4) is 0 Å². The highest BCUT2D eigenvalue weighted by Crippen LogP contribution is 2.24. The van der Waals surface area contributed by atoms with E-state index >= 15 is 0 Å². The van der Waals surface area contributed by atoms with Gasteiger partial charge in [-0.05, 0) is 62.7 Å². The minimum Gasteiger partial charge on any atom is -0.303 e. The summed E-state index contributed by atoms with van der Waals surface area (Å²) in [4.78, 5) is 9.36. The molecule has 1 fully saturated rings. The van der Waals surface area contributed by atoms with E-state index in [1.165, 1.54) is 57.4 Å². The Morgan fingerprint density at radius 3 is 3.00 bits per heavy atom. The summed E-state index contributed by atoms with van der Waals surface area (Å²) in [5.41, 5.74) is 1.31. The molecule has 1 aromatic rings. The fraction of sp³-hybridized carbons (Fsp3) is 0.632. The maximum absolute atomic E-state index is 4.21. The predicted molar refractivity (Wildman–Crippen MR) is 91.6 cm³/mol. The van der Waals surface area contributed by atoms with Gasteiger partial charge in [-0.15, -0.1) is 0 Å². The molecule has 1 saturated heterocycles. The molecule has 0 aromatic carbocycles. The number of rotatable bonds is 6. The number of pyridine rings is 1. The molecule has 1 aliphatic heterocycles. The normalized spacial score (nSPS) is 25.9. The lowest BCUT2D eigenvalue weighted by Gasteiger charge is -2.25. The minimum atomic E-state index is 0.834. The van der Waals surface area contributed by atoms with E-state index in [1.807, 2.05) is 18.5 Å². The Morgan fingerprint density at radius 1 is 1.27 bits per heavy atom. The third-order valence-corrected chi connectivity index (χ3v) is 5.01. The molecule has 1 aliphatic carbocycles. The minimum absolute atomic E-state index is 0.834. The van der Waals surface area contributed by atoms with Crippen molar-refractivity contribution < 1.29 is 0 Å². The maximum atomic E-state index is 4.21. The third-order valence-electron chi connectivity index (χ3n) is 5.01. The average Bonchev–Trinajstić information content (AvgIpc) is 2.96. The van der Waals surface area contributed by atoms with Gasteiger partial charge in [-0.3, -0.25) is 4.98 Å². The van der Waals surface area contributed by atoms with Crippen LogP contribution < -0.4 is 0 Å². The molecule has 0 bridgehead atoms. The molecule has 3 rings (SSSR count). The quantitative estimate of drug-likeness (QED) is 0.752. The van der Waals surface area contributed by atoms with Crippen molar-refractivity contribution in [2.75, 3.05) is 33.2 Å². The summed E-state index contributed by atoms with van der Waals surface area (Å²) in [6.45, 7) is 6.12. The molecule has 2 aliphatic rings. The number of nitrogens with zero attached hydrogens (tertiary/aromatic N) is 3. The second-order valence-corrected chi connectivity index (χ2v) is 7.12. The molecule has 120 valence electrons. The summed E-state index contributed by atoms with van der Waals surface area (Å²) < 4.78 is 0. The zero-order valence-electron chi connectivity index (χ0n) is 13.8. The zero-order chi connectivity index (χ0) is 15.2. The number of hydrogen-bond donors (Lipinski definition) is 0. The molecule has 3 nitrogen and oxygen atoms in total. The smallest absolute Gasteiger partial charge is 0.0312 e. The van der Waals surface area contributed by atoms with E-state index < -0.39 is 0 Å². The van der Waals surface area contributed by atoms with Gasteiger partial charge in [-0.1, -0.05) is 18.2 Å². The Balaban J connectivity index is 1.39. The van der Waals surface area contributed by atoms with Gasteiger partial charge >= 0.3 is 0 Å². The Kier molecular flexibility index (Phi) is 5.63. The van der Waals surface area contributed by atoms with Gasteiger partial charge in [0.25, 0.3) is 0 Å². The summed E-state index contributed by atoms with van der Waals surface area (Å²) in [5.74, 6) is 1.73. The van der Waals surface area contributed by atoms with Crippen LogP contribution in [-0.2, 0) is 6.54 Å². The topological polar surface area (TPSA) is 19.4 Å². The molecule has 2 atom stereocenters. The molecule has 22 heavy (non-hydrogen) atoms. The second kappa shape index (κ2) is 7.89. The van der Waals surface area contributed by atoms with Crippen LogP contribution in [0.4, 0.5) is 0 Å². The van der Waals surface area contributed by atoms with E-state index in [2.05, 4.69) is 40.0 Å². The highest BCUT2D eigenvalue weighted by atomic mass is 15.2. The second-order valence-electron chi connectivity index (χ2n) is 7.12. The monoisotopic (exact) mass is 299 g/mol. The average molecular weight is 299 g/mol. The van der Waals surface area contributed by atoms with Gasteiger partial charge in [0.15, 0.2) is 0 Å². The van der Waals surface area contributed by atoms with Crippen LogP contribution >= 0.6 is 0 Å². The zero-order valence-corrected chi connectivity index (χ0v) is 13.8. The van der Waals surface area contributed by atoms with Crippen molar-refractivity contribution in [3.05, 3.63) is 42.2 Å². The van der Waals surface area contributed by atoms with Gasteiger partial charge in [-0.2, -0.15) is 0 Å². The van der Waals surface area contributed by atoms with Crippen LogP contribution in [0.2, 0.25) is 0 Å². The van der Waals surface area contributed by atoms with Crippen LogP contribution in [0.25, 0.3) is 0 Å². The highest BCUT2D eigenvalue weighted by molar-refractivity contribution is 5.08. The van der Waals surface area contributed by atoms with Crippen molar-refractivity contribution in [2.24, 2.45) is 11.8 Å². The Hall–Kier alpha value is -1.19. The van der Waals surface area contributed by atoms with Crippen LogP contribution in [0.5, 0.6) is 0 Å². The summed E-state index contributed by atoms with van der Waals surface area (Å²) in [5, 5.41) is 0. The molecular formula is C19H29N3. The van der Waals surface area contributed by atoms with Gasteiger partial charge in [0.05, 0.1) is 0 Å². The molecule has 3 heteroatoms. The molecule has 0 radical (unpaired) electrons. The highest BCUT2D eigenvalue weighted by Gasteiger charge is 2.25. The van der Waals surface area contributed by atoms with Gasteiger partial charge in [0.2, 0.25) is 0 Å². The summed E-state index contributed by atoms with van der Waals surface area (Å²) >= 11 is 0. The number of allylic oxidation sites excluding steroid dienone is 2. The summed E-state index contributed by atoms with van der Waals surface area (Å²) in [6.07, 6.45) is 13.9. The summed E-state index contributed by atoms with van der Waals surface area (Å²) in [7, 11) is 2.24. The van der Waals surface area contributed by atoms with E-state index in [1.54, 1.807) is 0 Å². The van der Waals surface area contributed by atoms with Gasteiger partial charge in [0.1, 0.15) is 0 Å². The predicted octanol–water partition coefficient (Wildman–Crippen LogP) is 3.19.